The molecule has 0 radical (unpaired) electrons. The van der Waals surface area contributed by atoms with Crippen LogP contribution in [0.4, 0.5) is 17.3 Å². The van der Waals surface area contributed by atoms with Crippen molar-refractivity contribution in [3.05, 3.63) is 47.3 Å². The number of nitrogens with zero attached hydrogens (tertiary/aromatic N) is 4. The molecule has 26 heavy (non-hydrogen) atoms. The number of morpholine rings is 1. The number of aromatic amines is 1. The Morgan fingerprint density at radius 1 is 1.31 bits per heavy atom. The number of pyridine rings is 2. The summed E-state index contributed by atoms with van der Waals surface area (Å²) in [5, 5.41) is 3.63. The van der Waals surface area contributed by atoms with Crippen molar-refractivity contribution in [2.75, 3.05) is 23.4 Å². The summed E-state index contributed by atoms with van der Waals surface area (Å²) in [5.74, 6) is 1.23. The number of rotatable bonds is 3. The quantitative estimate of drug-likeness (QED) is 0.745. The van der Waals surface area contributed by atoms with Crippen molar-refractivity contribution in [2.24, 2.45) is 0 Å². The minimum Gasteiger partial charge on any atom is -0.377 e. The van der Waals surface area contributed by atoms with Gasteiger partial charge in [0.15, 0.2) is 0 Å². The van der Waals surface area contributed by atoms with Crippen LogP contribution in [-0.2, 0) is 4.74 Å². The van der Waals surface area contributed by atoms with Gasteiger partial charge in [0.2, 0.25) is 0 Å². The molecular weight excluding hydrogens is 332 g/mol. The number of nitrogens with one attached hydrogen (secondary N) is 2. The van der Waals surface area contributed by atoms with E-state index in [0.29, 0.717) is 29.9 Å². The lowest BCUT2D eigenvalue weighted by atomic mass is 10.1. The second-order valence-electron chi connectivity index (χ2n) is 6.46. The van der Waals surface area contributed by atoms with Crippen molar-refractivity contribution >= 4 is 28.2 Å². The monoisotopic (exact) mass is 352 g/mol. The van der Waals surface area contributed by atoms with Gasteiger partial charge in [-0.3, -0.25) is 9.78 Å². The first-order valence-corrected chi connectivity index (χ1v) is 8.55. The van der Waals surface area contributed by atoms with E-state index in [1.165, 1.54) is 6.33 Å². The highest BCUT2D eigenvalue weighted by molar-refractivity contribution is 5.92. The van der Waals surface area contributed by atoms with E-state index in [1.54, 1.807) is 12.4 Å². The van der Waals surface area contributed by atoms with Gasteiger partial charge in [-0.1, -0.05) is 0 Å². The predicted molar refractivity (Wildman–Crippen MR) is 99.9 cm³/mol. The molecule has 4 heterocycles. The van der Waals surface area contributed by atoms with Crippen molar-refractivity contribution in [3.63, 3.8) is 0 Å². The Bertz CT molecular complexity index is 964. The van der Waals surface area contributed by atoms with E-state index in [-0.39, 0.29) is 17.6 Å². The third-order valence-corrected chi connectivity index (χ3v) is 4.47. The second-order valence-corrected chi connectivity index (χ2v) is 6.46. The first-order chi connectivity index (χ1) is 12.6. The molecule has 0 aromatic carbocycles. The molecule has 134 valence electrons. The zero-order chi connectivity index (χ0) is 18.1. The number of hydrogen-bond acceptors (Lipinski definition) is 7. The van der Waals surface area contributed by atoms with Gasteiger partial charge < -0.3 is 19.9 Å². The van der Waals surface area contributed by atoms with Crippen molar-refractivity contribution in [1.82, 2.24) is 19.9 Å². The number of anilines is 3. The summed E-state index contributed by atoms with van der Waals surface area (Å²) < 4.78 is 5.61. The predicted octanol–water partition coefficient (Wildman–Crippen LogP) is 2.07. The summed E-state index contributed by atoms with van der Waals surface area (Å²) in [6, 6.07) is 5.91. The van der Waals surface area contributed by atoms with Crippen LogP contribution < -0.4 is 15.8 Å². The summed E-state index contributed by atoms with van der Waals surface area (Å²) in [6.45, 7) is 5.47. The van der Waals surface area contributed by atoms with Gasteiger partial charge in [-0.05, 0) is 26.0 Å². The van der Waals surface area contributed by atoms with Crippen LogP contribution in [0.2, 0.25) is 0 Å². The van der Waals surface area contributed by atoms with Gasteiger partial charge >= 0.3 is 0 Å². The van der Waals surface area contributed by atoms with E-state index in [1.807, 2.05) is 18.2 Å². The van der Waals surface area contributed by atoms with Gasteiger partial charge in [-0.2, -0.15) is 0 Å². The van der Waals surface area contributed by atoms with E-state index >= 15 is 0 Å². The first kappa shape index (κ1) is 16.5. The topological polar surface area (TPSA) is 96.0 Å². The fourth-order valence-corrected chi connectivity index (χ4v) is 3.33. The molecule has 2 N–H and O–H groups in total. The van der Waals surface area contributed by atoms with Gasteiger partial charge in [0.1, 0.15) is 17.0 Å². The van der Waals surface area contributed by atoms with Crippen LogP contribution in [0.25, 0.3) is 10.9 Å². The molecule has 0 bridgehead atoms. The summed E-state index contributed by atoms with van der Waals surface area (Å²) >= 11 is 0. The van der Waals surface area contributed by atoms with Crippen molar-refractivity contribution in [1.29, 1.82) is 0 Å². The van der Waals surface area contributed by atoms with Crippen molar-refractivity contribution in [3.8, 4) is 0 Å². The molecule has 1 saturated heterocycles. The van der Waals surface area contributed by atoms with E-state index < -0.39 is 0 Å². The average Bonchev–Trinajstić information content (AvgIpc) is 2.62. The Morgan fingerprint density at radius 3 is 2.85 bits per heavy atom. The molecule has 0 amide bonds. The van der Waals surface area contributed by atoms with Crippen LogP contribution >= 0.6 is 0 Å². The molecule has 0 aliphatic carbocycles. The molecule has 1 aliphatic rings. The number of fused-ring (bicyclic) bond motifs is 1. The summed E-state index contributed by atoms with van der Waals surface area (Å²) in [6.07, 6.45) is 4.79. The number of hydrogen-bond donors (Lipinski definition) is 2. The van der Waals surface area contributed by atoms with E-state index in [0.717, 1.165) is 11.5 Å². The third kappa shape index (κ3) is 2.99. The average molecular weight is 352 g/mol. The molecule has 1 aliphatic heterocycles. The van der Waals surface area contributed by atoms with Gasteiger partial charge in [0.05, 0.1) is 49.0 Å². The minimum absolute atomic E-state index is 0.178. The number of aromatic nitrogens is 4. The van der Waals surface area contributed by atoms with Gasteiger partial charge in [0.25, 0.3) is 5.56 Å². The Balaban J connectivity index is 1.86. The minimum atomic E-state index is -0.233. The van der Waals surface area contributed by atoms with E-state index in [4.69, 9.17) is 9.72 Å². The number of ether oxygens (including phenoxy) is 1. The van der Waals surface area contributed by atoms with Crippen molar-refractivity contribution in [2.45, 2.75) is 25.9 Å². The standard InChI is InChI=1S/C18H20N6O2/c1-11-8-26-9-12(2)24(11)15-6-14-16(18(25)21-10-20-14)17(23-15)22-13-4-3-5-19-7-13/h3-7,10-12H,8-9H2,1-2H3,(H,22,23)(H,20,21,25). The van der Waals surface area contributed by atoms with Gasteiger partial charge in [-0.25, -0.2) is 9.97 Å². The molecule has 4 rings (SSSR count). The fourth-order valence-electron chi connectivity index (χ4n) is 3.33. The zero-order valence-corrected chi connectivity index (χ0v) is 14.6. The first-order valence-electron chi connectivity index (χ1n) is 8.55. The van der Waals surface area contributed by atoms with Crippen molar-refractivity contribution < 1.29 is 4.74 Å². The summed E-state index contributed by atoms with van der Waals surface area (Å²) in [5.41, 5.74) is 1.12. The van der Waals surface area contributed by atoms with Crippen LogP contribution in [0.5, 0.6) is 0 Å². The molecule has 1 fully saturated rings. The molecular formula is C18H20N6O2. The Hall–Kier alpha value is -3.00. The van der Waals surface area contributed by atoms with E-state index in [9.17, 15) is 4.79 Å². The van der Waals surface area contributed by atoms with Crippen LogP contribution in [-0.4, -0.2) is 45.2 Å². The Labute approximate surface area is 150 Å². The van der Waals surface area contributed by atoms with Crippen LogP contribution in [0.3, 0.4) is 0 Å². The highest BCUT2D eigenvalue weighted by Crippen LogP contribution is 2.28. The lowest BCUT2D eigenvalue weighted by Crippen LogP contribution is -2.50. The highest BCUT2D eigenvalue weighted by atomic mass is 16.5. The summed E-state index contributed by atoms with van der Waals surface area (Å²) in [4.78, 5) is 30.4. The molecule has 8 nitrogen and oxygen atoms in total. The maximum Gasteiger partial charge on any atom is 0.262 e. The smallest absolute Gasteiger partial charge is 0.262 e. The molecule has 3 aromatic rings. The lowest BCUT2D eigenvalue weighted by Gasteiger charge is -2.39. The van der Waals surface area contributed by atoms with Gasteiger partial charge in [0, 0.05) is 12.3 Å². The summed E-state index contributed by atoms with van der Waals surface area (Å²) in [7, 11) is 0. The molecule has 2 atom stereocenters. The molecule has 3 aromatic heterocycles. The third-order valence-electron chi connectivity index (χ3n) is 4.47. The molecule has 8 heteroatoms. The molecule has 0 saturated carbocycles. The van der Waals surface area contributed by atoms with E-state index in [2.05, 4.69) is 39.0 Å². The Morgan fingerprint density at radius 2 is 2.12 bits per heavy atom. The zero-order valence-electron chi connectivity index (χ0n) is 14.6. The van der Waals surface area contributed by atoms with Gasteiger partial charge in [-0.15, -0.1) is 0 Å². The van der Waals surface area contributed by atoms with Crippen LogP contribution in [0, 0.1) is 0 Å². The van der Waals surface area contributed by atoms with Crippen LogP contribution in [0.15, 0.2) is 41.7 Å². The second kappa shape index (κ2) is 6.72. The normalized spacial score (nSPS) is 20.3. The largest absolute Gasteiger partial charge is 0.377 e. The Kier molecular flexibility index (Phi) is 4.26. The lowest BCUT2D eigenvalue weighted by molar-refractivity contribution is 0.0752. The SMILES string of the molecule is CC1COCC(C)N1c1cc2nc[nH]c(=O)c2c(Nc2cccnc2)n1. The van der Waals surface area contributed by atoms with Crippen LogP contribution in [0.1, 0.15) is 13.8 Å². The highest BCUT2D eigenvalue weighted by Gasteiger charge is 2.27. The fraction of sp³-hybridized carbons (Fsp3) is 0.333. The maximum atomic E-state index is 12.4. The molecule has 2 unspecified atom stereocenters. The number of H-pyrrole nitrogens is 1. The maximum absolute atomic E-state index is 12.4. The molecule has 0 spiro atoms.